The highest BCUT2D eigenvalue weighted by Crippen LogP contribution is 2.50. The largest absolute Gasteiger partial charge is 0.430 e. The minimum absolute atomic E-state index is 0.0303. The molecule has 6 nitrogen and oxygen atoms in total. The van der Waals surface area contributed by atoms with E-state index < -0.39 is 23.1 Å². The molecule has 2 aliphatic rings. The van der Waals surface area contributed by atoms with Crippen molar-refractivity contribution in [2.75, 3.05) is 26.7 Å². The third-order valence-electron chi connectivity index (χ3n) is 8.28. The first-order valence-electron chi connectivity index (χ1n) is 12.8. The molecule has 0 unspecified atom stereocenters. The summed E-state index contributed by atoms with van der Waals surface area (Å²) in [6.07, 6.45) is -0.874. The van der Waals surface area contributed by atoms with Crippen molar-refractivity contribution >= 4 is 11.8 Å². The Balaban J connectivity index is 1.45. The van der Waals surface area contributed by atoms with E-state index in [4.69, 9.17) is 4.74 Å². The van der Waals surface area contributed by atoms with Gasteiger partial charge in [0.05, 0.1) is 0 Å². The number of hydrogen-bond donors (Lipinski definition) is 2. The van der Waals surface area contributed by atoms with Gasteiger partial charge in [-0.1, -0.05) is 30.3 Å². The molecule has 0 aliphatic carbocycles. The van der Waals surface area contributed by atoms with Crippen LogP contribution < -0.4 is 5.32 Å². The minimum Gasteiger partial charge on any atom is -0.367 e. The van der Waals surface area contributed by atoms with Gasteiger partial charge in [0.25, 0.3) is 11.5 Å². The molecule has 3 heterocycles. The van der Waals surface area contributed by atoms with Crippen molar-refractivity contribution < 1.29 is 31.9 Å². The summed E-state index contributed by atoms with van der Waals surface area (Å²) < 4.78 is 63.0. The van der Waals surface area contributed by atoms with Crippen molar-refractivity contribution in [3.63, 3.8) is 0 Å². The lowest BCUT2D eigenvalue weighted by atomic mass is 9.62. The van der Waals surface area contributed by atoms with Gasteiger partial charge in [-0.25, -0.2) is 4.39 Å². The zero-order chi connectivity index (χ0) is 27.8. The van der Waals surface area contributed by atoms with E-state index in [2.05, 4.69) is 10.3 Å². The molecule has 2 N–H and O–H groups in total. The lowest BCUT2D eigenvalue weighted by molar-refractivity contribution is -0.271. The fourth-order valence-corrected chi connectivity index (χ4v) is 6.16. The summed E-state index contributed by atoms with van der Waals surface area (Å²) in [6, 6.07) is 13.5. The molecule has 2 atom stereocenters. The monoisotopic (exact) mass is 543 g/mol. The third kappa shape index (κ3) is 4.71. The topological polar surface area (TPSA) is 74.4 Å². The molecule has 10 heteroatoms. The van der Waals surface area contributed by atoms with E-state index >= 15 is 0 Å². The molecule has 2 aliphatic heterocycles. The molecule has 2 aromatic carbocycles. The molecule has 206 valence electrons. The molecular weight excluding hydrogens is 514 g/mol. The van der Waals surface area contributed by atoms with Crippen LogP contribution in [0.4, 0.5) is 17.6 Å². The first-order chi connectivity index (χ1) is 18.6. The molecule has 39 heavy (non-hydrogen) atoms. The van der Waals surface area contributed by atoms with Gasteiger partial charge >= 0.3 is 6.18 Å². The number of ether oxygens (including phenoxy) is 1. The van der Waals surface area contributed by atoms with E-state index in [1.165, 1.54) is 35.2 Å². The Morgan fingerprint density at radius 3 is 2.38 bits per heavy atom. The molecule has 2 fully saturated rings. The predicted octanol–water partition coefficient (Wildman–Crippen LogP) is 5.14. The summed E-state index contributed by atoms with van der Waals surface area (Å²) in [5.41, 5.74) is -2.01. The van der Waals surface area contributed by atoms with Gasteiger partial charge in [-0.05, 0) is 59.2 Å². The van der Waals surface area contributed by atoms with Gasteiger partial charge < -0.3 is 19.9 Å². The number of methoxy groups -OCH3 is 1. The number of amides is 2. The Morgan fingerprint density at radius 1 is 1.05 bits per heavy atom. The fraction of sp³-hybridized carbons (Fsp3) is 0.379. The van der Waals surface area contributed by atoms with Crippen LogP contribution in [-0.2, 0) is 19.9 Å². The second-order valence-corrected chi connectivity index (χ2v) is 10.3. The van der Waals surface area contributed by atoms with Crippen LogP contribution >= 0.6 is 0 Å². The van der Waals surface area contributed by atoms with E-state index in [9.17, 15) is 27.2 Å². The standard InChI is InChI=1S/C29H29F4N3O3/c1-39-28(29(31,32)33,22-4-2-3-20(15-22)21-9-12-34-17-21)26(38)36-13-10-27(11-14-36)16-25(37)35-18-24(27)19-5-7-23(30)8-6-19/h2-9,12,15,17,24,34H,10-11,13-14,16,18H2,1H3,(H,35,37)/t24-,28-/m0/s1. The molecular formula is C29H29F4N3O3. The summed E-state index contributed by atoms with van der Waals surface area (Å²) in [4.78, 5) is 30.3. The third-order valence-corrected chi connectivity index (χ3v) is 8.28. The second-order valence-electron chi connectivity index (χ2n) is 10.3. The van der Waals surface area contributed by atoms with Gasteiger partial charge in [0.2, 0.25) is 5.91 Å². The number of aromatic nitrogens is 1. The van der Waals surface area contributed by atoms with E-state index in [-0.39, 0.29) is 42.7 Å². The lowest BCUT2D eigenvalue weighted by Crippen LogP contribution is -2.60. The molecule has 0 saturated carbocycles. The van der Waals surface area contributed by atoms with E-state index in [0.717, 1.165) is 12.7 Å². The smallest absolute Gasteiger partial charge is 0.367 e. The minimum atomic E-state index is -5.04. The highest BCUT2D eigenvalue weighted by molar-refractivity contribution is 5.88. The van der Waals surface area contributed by atoms with Crippen LogP contribution in [0.15, 0.2) is 67.0 Å². The quantitative estimate of drug-likeness (QED) is 0.438. The number of H-pyrrole nitrogens is 1. The zero-order valence-corrected chi connectivity index (χ0v) is 21.4. The second kappa shape index (κ2) is 10.1. The number of nitrogens with zero attached hydrogens (tertiary/aromatic N) is 1. The van der Waals surface area contributed by atoms with Gasteiger partial charge in [-0.2, -0.15) is 13.2 Å². The fourth-order valence-electron chi connectivity index (χ4n) is 6.16. The van der Waals surface area contributed by atoms with Crippen molar-refractivity contribution in [1.82, 2.24) is 15.2 Å². The number of rotatable bonds is 5. The number of alkyl halides is 3. The van der Waals surface area contributed by atoms with Crippen LogP contribution in [0.1, 0.15) is 36.3 Å². The maximum Gasteiger partial charge on any atom is 0.430 e. The molecule has 3 aromatic rings. The first-order valence-corrected chi connectivity index (χ1v) is 12.8. The Bertz CT molecular complexity index is 1330. The van der Waals surface area contributed by atoms with Crippen LogP contribution in [-0.4, -0.2) is 54.6 Å². The van der Waals surface area contributed by atoms with Gasteiger partial charge in [-0.3, -0.25) is 9.59 Å². The highest BCUT2D eigenvalue weighted by Gasteiger charge is 2.64. The molecule has 0 radical (unpaired) electrons. The number of hydrogen-bond acceptors (Lipinski definition) is 3. The van der Waals surface area contributed by atoms with Crippen molar-refractivity contribution in [2.24, 2.45) is 5.41 Å². The number of carbonyl (C=O) groups is 2. The number of benzene rings is 2. The van der Waals surface area contributed by atoms with Crippen molar-refractivity contribution in [1.29, 1.82) is 0 Å². The van der Waals surface area contributed by atoms with Crippen molar-refractivity contribution in [3.8, 4) is 11.1 Å². The maximum absolute atomic E-state index is 14.8. The van der Waals surface area contributed by atoms with Crippen molar-refractivity contribution in [2.45, 2.75) is 37.0 Å². The Labute approximate surface area is 223 Å². The summed E-state index contributed by atoms with van der Waals surface area (Å²) in [5, 5.41) is 2.86. The lowest BCUT2D eigenvalue weighted by Gasteiger charge is -2.50. The Kier molecular flexibility index (Phi) is 7.00. The summed E-state index contributed by atoms with van der Waals surface area (Å²) in [6.45, 7) is 0.403. The van der Waals surface area contributed by atoms with Gasteiger partial charge in [-0.15, -0.1) is 0 Å². The molecule has 5 rings (SSSR count). The molecule has 2 saturated heterocycles. The maximum atomic E-state index is 14.8. The number of nitrogens with one attached hydrogen (secondary N) is 2. The van der Waals surface area contributed by atoms with Crippen LogP contribution in [0.25, 0.3) is 11.1 Å². The predicted molar refractivity (Wildman–Crippen MR) is 136 cm³/mol. The number of piperidine rings is 2. The van der Waals surface area contributed by atoms with Gasteiger partial charge in [0, 0.05) is 57.0 Å². The number of likely N-dealkylation sites (tertiary alicyclic amines) is 1. The number of halogens is 4. The van der Waals surface area contributed by atoms with Gasteiger partial charge in [0.15, 0.2) is 0 Å². The Hall–Kier alpha value is -3.66. The van der Waals surface area contributed by atoms with E-state index in [1.807, 2.05) is 0 Å². The highest BCUT2D eigenvalue weighted by atomic mass is 19.4. The van der Waals surface area contributed by atoms with Crippen LogP contribution in [0.5, 0.6) is 0 Å². The zero-order valence-electron chi connectivity index (χ0n) is 21.4. The van der Waals surface area contributed by atoms with E-state index in [0.29, 0.717) is 30.5 Å². The first kappa shape index (κ1) is 26.9. The van der Waals surface area contributed by atoms with Gasteiger partial charge in [0.1, 0.15) is 5.82 Å². The molecule has 1 spiro atoms. The van der Waals surface area contributed by atoms with Crippen LogP contribution in [0, 0.1) is 11.2 Å². The number of carbonyl (C=O) groups excluding carboxylic acids is 2. The summed E-state index contributed by atoms with van der Waals surface area (Å²) >= 11 is 0. The average molecular weight is 544 g/mol. The van der Waals surface area contributed by atoms with Crippen molar-refractivity contribution in [3.05, 3.63) is 83.9 Å². The van der Waals surface area contributed by atoms with Crippen LogP contribution in [0.2, 0.25) is 0 Å². The number of aromatic amines is 1. The molecule has 2 amide bonds. The summed E-state index contributed by atoms with van der Waals surface area (Å²) in [5.74, 6) is -1.86. The van der Waals surface area contributed by atoms with Crippen LogP contribution in [0.3, 0.4) is 0 Å². The SMILES string of the molecule is CO[C@](C(=O)N1CCC2(CC1)CC(=O)NC[C@H]2c1ccc(F)cc1)(c1cccc(-c2cc[nH]c2)c1)C(F)(F)F. The summed E-state index contributed by atoms with van der Waals surface area (Å²) in [7, 11) is 0.899. The van der Waals surface area contributed by atoms with E-state index in [1.54, 1.807) is 36.7 Å². The normalized spacial score (nSPS) is 20.9. The average Bonchev–Trinajstić information content (AvgIpc) is 3.45. The molecule has 0 bridgehead atoms. The Morgan fingerprint density at radius 2 is 1.77 bits per heavy atom. The molecule has 1 aromatic heterocycles.